The molecule has 0 bridgehead atoms. The number of thioether (sulfide) groups is 1. The van der Waals surface area contributed by atoms with Crippen molar-refractivity contribution in [2.75, 3.05) is 12.8 Å². The van der Waals surface area contributed by atoms with Crippen LogP contribution in [0, 0.1) is 0 Å². The van der Waals surface area contributed by atoms with Crippen molar-refractivity contribution in [3.63, 3.8) is 0 Å². The lowest BCUT2D eigenvalue weighted by molar-refractivity contribution is -0.122. The zero-order chi connectivity index (χ0) is 13.6. The van der Waals surface area contributed by atoms with Crippen LogP contribution in [-0.2, 0) is 11.2 Å². The summed E-state index contributed by atoms with van der Waals surface area (Å²) in [6.07, 6.45) is 2.61. The number of amides is 1. The highest BCUT2D eigenvalue weighted by atomic mass is 35.5. The van der Waals surface area contributed by atoms with Gasteiger partial charge in [-0.15, -0.1) is 12.4 Å². The standard InChI is InChI=1S/C14H22N2OS.ClH/c1-14(2,18-3)10-16-13(17)12(15)9-11-7-5-4-6-8-11;/h4-8,12H,9-10,15H2,1-3H3,(H,16,17);1H/t12-;/m0./s1. The first kappa shape index (κ1) is 18.3. The third-order valence-electron chi connectivity index (χ3n) is 2.88. The molecule has 0 spiro atoms. The molecule has 3 nitrogen and oxygen atoms in total. The molecule has 0 saturated heterocycles. The van der Waals surface area contributed by atoms with Crippen molar-refractivity contribution in [3.8, 4) is 0 Å². The third-order valence-corrected chi connectivity index (χ3v) is 4.13. The normalized spacial score (nSPS) is 12.4. The molecule has 0 radical (unpaired) electrons. The first-order valence-electron chi connectivity index (χ1n) is 6.07. The fourth-order valence-electron chi connectivity index (χ4n) is 1.46. The van der Waals surface area contributed by atoms with Gasteiger partial charge in [-0.1, -0.05) is 30.3 Å². The highest BCUT2D eigenvalue weighted by Gasteiger charge is 2.19. The number of benzene rings is 1. The molecule has 0 fully saturated rings. The van der Waals surface area contributed by atoms with E-state index in [1.165, 1.54) is 0 Å². The van der Waals surface area contributed by atoms with Gasteiger partial charge in [0.2, 0.25) is 5.91 Å². The van der Waals surface area contributed by atoms with Gasteiger partial charge in [0.15, 0.2) is 0 Å². The lowest BCUT2D eigenvalue weighted by Crippen LogP contribution is -2.46. The van der Waals surface area contributed by atoms with Crippen molar-refractivity contribution in [2.45, 2.75) is 31.1 Å². The molecule has 0 unspecified atom stereocenters. The third kappa shape index (κ3) is 6.85. The Kier molecular flexibility index (Phi) is 8.14. The van der Waals surface area contributed by atoms with Crippen molar-refractivity contribution in [3.05, 3.63) is 35.9 Å². The summed E-state index contributed by atoms with van der Waals surface area (Å²) in [7, 11) is 0. The van der Waals surface area contributed by atoms with Gasteiger partial charge in [-0.05, 0) is 32.1 Å². The van der Waals surface area contributed by atoms with E-state index in [0.29, 0.717) is 13.0 Å². The van der Waals surface area contributed by atoms with Crippen LogP contribution < -0.4 is 11.1 Å². The first-order chi connectivity index (χ1) is 8.44. The van der Waals surface area contributed by atoms with Gasteiger partial charge in [-0.2, -0.15) is 11.8 Å². The van der Waals surface area contributed by atoms with Gasteiger partial charge in [0.05, 0.1) is 6.04 Å². The van der Waals surface area contributed by atoms with Crippen LogP contribution in [0.2, 0.25) is 0 Å². The van der Waals surface area contributed by atoms with E-state index < -0.39 is 6.04 Å². The second-order valence-corrected chi connectivity index (χ2v) is 6.49. The Morgan fingerprint density at radius 3 is 2.47 bits per heavy atom. The van der Waals surface area contributed by atoms with E-state index in [2.05, 4.69) is 19.2 Å². The summed E-state index contributed by atoms with van der Waals surface area (Å²) in [6, 6.07) is 9.35. The Morgan fingerprint density at radius 2 is 1.95 bits per heavy atom. The average molecular weight is 303 g/mol. The predicted octanol–water partition coefficient (Wildman–Crippen LogP) is 2.24. The zero-order valence-electron chi connectivity index (χ0n) is 11.7. The summed E-state index contributed by atoms with van der Waals surface area (Å²) in [6.45, 7) is 4.83. The molecule has 5 heteroatoms. The lowest BCUT2D eigenvalue weighted by Gasteiger charge is -2.23. The molecule has 108 valence electrons. The highest BCUT2D eigenvalue weighted by Crippen LogP contribution is 2.19. The number of carbonyl (C=O) groups excluding carboxylic acids is 1. The maximum atomic E-state index is 11.9. The van der Waals surface area contributed by atoms with Crippen molar-refractivity contribution in [1.82, 2.24) is 5.32 Å². The van der Waals surface area contributed by atoms with Crippen LogP contribution in [0.5, 0.6) is 0 Å². The second-order valence-electron chi connectivity index (χ2n) is 4.98. The monoisotopic (exact) mass is 302 g/mol. The quantitative estimate of drug-likeness (QED) is 0.847. The molecule has 0 aliphatic carbocycles. The van der Waals surface area contributed by atoms with Crippen LogP contribution in [-0.4, -0.2) is 29.5 Å². The summed E-state index contributed by atoms with van der Waals surface area (Å²) in [5.74, 6) is -0.0824. The smallest absolute Gasteiger partial charge is 0.237 e. The molecule has 0 aliphatic heterocycles. The SMILES string of the molecule is CSC(C)(C)CNC(=O)[C@@H](N)Cc1ccccc1.Cl. The highest BCUT2D eigenvalue weighted by molar-refractivity contribution is 7.99. The molecule has 1 atom stereocenters. The van der Waals surface area contributed by atoms with E-state index in [9.17, 15) is 4.79 Å². The van der Waals surface area contributed by atoms with Gasteiger partial charge in [0.1, 0.15) is 0 Å². The minimum absolute atomic E-state index is 0. The second kappa shape index (κ2) is 8.46. The number of hydrogen-bond donors (Lipinski definition) is 2. The van der Waals surface area contributed by atoms with Crippen LogP contribution in [0.1, 0.15) is 19.4 Å². The van der Waals surface area contributed by atoms with Gasteiger partial charge in [0, 0.05) is 11.3 Å². The molecule has 0 heterocycles. The molecule has 1 rings (SSSR count). The van der Waals surface area contributed by atoms with Crippen molar-refractivity contribution >= 4 is 30.1 Å². The Morgan fingerprint density at radius 1 is 1.37 bits per heavy atom. The Balaban J connectivity index is 0.00000324. The molecule has 3 N–H and O–H groups in total. The molecule has 0 aromatic heterocycles. The molecular weight excluding hydrogens is 280 g/mol. The van der Waals surface area contributed by atoms with Gasteiger partial charge >= 0.3 is 0 Å². The summed E-state index contributed by atoms with van der Waals surface area (Å²) >= 11 is 1.73. The van der Waals surface area contributed by atoms with Crippen LogP contribution >= 0.6 is 24.2 Å². The minimum atomic E-state index is -0.481. The summed E-state index contributed by atoms with van der Waals surface area (Å²) in [5.41, 5.74) is 6.99. The minimum Gasteiger partial charge on any atom is -0.353 e. The molecule has 19 heavy (non-hydrogen) atoms. The van der Waals surface area contributed by atoms with E-state index >= 15 is 0 Å². The van der Waals surface area contributed by atoms with Gasteiger partial charge in [-0.3, -0.25) is 4.79 Å². The van der Waals surface area contributed by atoms with E-state index in [4.69, 9.17) is 5.73 Å². The summed E-state index contributed by atoms with van der Waals surface area (Å²) in [5, 5.41) is 2.91. The molecule has 0 aliphatic rings. The maximum absolute atomic E-state index is 11.9. The number of rotatable bonds is 6. The summed E-state index contributed by atoms with van der Waals surface area (Å²) < 4.78 is 0.0438. The van der Waals surface area contributed by atoms with Gasteiger partial charge in [0.25, 0.3) is 0 Å². The Labute approximate surface area is 126 Å². The van der Waals surface area contributed by atoms with Gasteiger partial charge < -0.3 is 11.1 Å². The molecule has 1 amide bonds. The lowest BCUT2D eigenvalue weighted by atomic mass is 10.1. The first-order valence-corrected chi connectivity index (χ1v) is 7.29. The maximum Gasteiger partial charge on any atom is 0.237 e. The Bertz CT molecular complexity index is 384. The van der Waals surface area contributed by atoms with Crippen LogP contribution in [0.25, 0.3) is 0 Å². The molecular formula is C14H23ClN2OS. The fraction of sp³-hybridized carbons (Fsp3) is 0.500. The molecule has 1 aromatic rings. The number of halogens is 1. The van der Waals surface area contributed by atoms with Crippen LogP contribution in [0.3, 0.4) is 0 Å². The fourth-order valence-corrected chi connectivity index (χ4v) is 1.68. The summed E-state index contributed by atoms with van der Waals surface area (Å²) in [4.78, 5) is 11.9. The average Bonchev–Trinajstić information content (AvgIpc) is 2.37. The van der Waals surface area contributed by atoms with Crippen molar-refractivity contribution in [1.29, 1.82) is 0 Å². The predicted molar refractivity (Wildman–Crippen MR) is 86.0 cm³/mol. The van der Waals surface area contributed by atoms with Crippen molar-refractivity contribution in [2.24, 2.45) is 5.73 Å². The van der Waals surface area contributed by atoms with E-state index in [-0.39, 0.29) is 23.1 Å². The topological polar surface area (TPSA) is 55.1 Å². The number of nitrogens with two attached hydrogens (primary N) is 1. The molecule has 0 saturated carbocycles. The van der Waals surface area contributed by atoms with Gasteiger partial charge in [-0.25, -0.2) is 0 Å². The van der Waals surface area contributed by atoms with Crippen LogP contribution in [0.15, 0.2) is 30.3 Å². The number of hydrogen-bond acceptors (Lipinski definition) is 3. The number of nitrogens with one attached hydrogen (secondary N) is 1. The number of carbonyl (C=O) groups is 1. The van der Waals surface area contributed by atoms with Crippen molar-refractivity contribution < 1.29 is 4.79 Å². The van der Waals surface area contributed by atoms with E-state index in [1.54, 1.807) is 11.8 Å². The zero-order valence-corrected chi connectivity index (χ0v) is 13.3. The van der Waals surface area contributed by atoms with E-state index in [1.807, 2.05) is 36.6 Å². The van der Waals surface area contributed by atoms with Crippen LogP contribution in [0.4, 0.5) is 0 Å². The van der Waals surface area contributed by atoms with E-state index in [0.717, 1.165) is 5.56 Å². The largest absolute Gasteiger partial charge is 0.353 e. The molecule has 1 aromatic carbocycles. The Hall–Kier alpha value is -0.710.